The summed E-state index contributed by atoms with van der Waals surface area (Å²) in [5.74, 6) is 0.266. The highest BCUT2D eigenvalue weighted by atomic mass is 16.5. The molecular formula is C10H16O2. The molecule has 12 heavy (non-hydrogen) atoms. The predicted molar refractivity (Wildman–Crippen MR) is 47.8 cm³/mol. The van der Waals surface area contributed by atoms with Gasteiger partial charge in [0.25, 0.3) is 0 Å². The molecule has 0 atom stereocenters. The van der Waals surface area contributed by atoms with E-state index < -0.39 is 0 Å². The van der Waals surface area contributed by atoms with Crippen LogP contribution in [0.2, 0.25) is 0 Å². The van der Waals surface area contributed by atoms with Gasteiger partial charge in [0, 0.05) is 12.0 Å². The number of ether oxygens (including phenoxy) is 1. The highest BCUT2D eigenvalue weighted by molar-refractivity contribution is 5.95. The van der Waals surface area contributed by atoms with Gasteiger partial charge in [-0.25, -0.2) is 0 Å². The van der Waals surface area contributed by atoms with Gasteiger partial charge >= 0.3 is 0 Å². The molecule has 1 saturated carbocycles. The van der Waals surface area contributed by atoms with E-state index in [9.17, 15) is 4.79 Å². The molecule has 0 aromatic rings. The van der Waals surface area contributed by atoms with Crippen LogP contribution in [0.5, 0.6) is 0 Å². The van der Waals surface area contributed by atoms with E-state index in [1.165, 1.54) is 0 Å². The number of Topliss-reactive ketones (excluding diaryl/α,β-unsaturated/α-hetero) is 1. The summed E-state index contributed by atoms with van der Waals surface area (Å²) in [5, 5.41) is 0. The lowest BCUT2D eigenvalue weighted by Gasteiger charge is -2.13. The Balaban J connectivity index is 2.47. The molecule has 0 aliphatic heterocycles. The maximum absolute atomic E-state index is 11.3. The van der Waals surface area contributed by atoms with Gasteiger partial charge in [0.05, 0.1) is 12.4 Å². The molecule has 0 heterocycles. The minimum atomic E-state index is 0.173. The third-order valence-corrected chi connectivity index (χ3v) is 1.94. The van der Waals surface area contributed by atoms with E-state index in [0.29, 0.717) is 6.42 Å². The normalized spacial score (nSPS) is 21.9. The van der Waals surface area contributed by atoms with Crippen molar-refractivity contribution in [3.8, 4) is 0 Å². The fourth-order valence-electron chi connectivity index (χ4n) is 1.24. The molecule has 1 fully saturated rings. The molecular weight excluding hydrogens is 152 g/mol. The van der Waals surface area contributed by atoms with Gasteiger partial charge in [-0.15, -0.1) is 0 Å². The molecule has 68 valence electrons. The Morgan fingerprint density at radius 1 is 1.33 bits per heavy atom. The number of rotatable bonds is 2. The van der Waals surface area contributed by atoms with Gasteiger partial charge in [-0.1, -0.05) is 0 Å². The lowest BCUT2D eigenvalue weighted by molar-refractivity contribution is -0.116. The van der Waals surface area contributed by atoms with Crippen LogP contribution < -0.4 is 0 Å². The molecule has 1 aliphatic carbocycles. The van der Waals surface area contributed by atoms with Crippen LogP contribution in [0.4, 0.5) is 0 Å². The topological polar surface area (TPSA) is 26.3 Å². The average molecular weight is 168 g/mol. The second-order valence-electron chi connectivity index (χ2n) is 3.46. The van der Waals surface area contributed by atoms with E-state index in [1.54, 1.807) is 6.26 Å². The Hall–Kier alpha value is -0.790. The number of allylic oxidation sites excluding steroid dienone is 1. The maximum Gasteiger partial charge on any atom is 0.161 e. The van der Waals surface area contributed by atoms with E-state index in [0.717, 1.165) is 24.8 Å². The number of carbonyl (C=O) groups is 1. The van der Waals surface area contributed by atoms with Crippen molar-refractivity contribution in [3.63, 3.8) is 0 Å². The van der Waals surface area contributed by atoms with Gasteiger partial charge in [0.15, 0.2) is 5.78 Å². The van der Waals surface area contributed by atoms with Gasteiger partial charge in [0.1, 0.15) is 0 Å². The predicted octanol–water partition coefficient (Wildman–Crippen LogP) is 2.44. The molecule has 0 aromatic heterocycles. The standard InChI is InChI=1S/C10H16O2/c1-8(2)12-7-9-5-3-4-6-10(9)11/h7-8H,3-6H2,1-2H3/b9-7-. The molecule has 0 aromatic carbocycles. The van der Waals surface area contributed by atoms with Crippen molar-refractivity contribution in [2.75, 3.05) is 0 Å². The van der Waals surface area contributed by atoms with Crippen molar-refractivity contribution >= 4 is 5.78 Å². The van der Waals surface area contributed by atoms with Gasteiger partial charge in [-0.2, -0.15) is 0 Å². The summed E-state index contributed by atoms with van der Waals surface area (Å²) in [6.07, 6.45) is 5.58. The third kappa shape index (κ3) is 2.68. The van der Waals surface area contributed by atoms with Crippen molar-refractivity contribution in [2.24, 2.45) is 0 Å². The van der Waals surface area contributed by atoms with Crippen LogP contribution in [-0.4, -0.2) is 11.9 Å². The smallest absolute Gasteiger partial charge is 0.161 e. The highest BCUT2D eigenvalue weighted by Crippen LogP contribution is 2.19. The Kier molecular flexibility index (Phi) is 3.32. The van der Waals surface area contributed by atoms with Crippen LogP contribution in [0, 0.1) is 0 Å². The summed E-state index contributed by atoms with van der Waals surface area (Å²) in [5.41, 5.74) is 0.870. The minimum Gasteiger partial charge on any atom is -0.498 e. The number of ketones is 1. The molecule has 2 nitrogen and oxygen atoms in total. The second kappa shape index (κ2) is 4.29. The summed E-state index contributed by atoms with van der Waals surface area (Å²) in [6.45, 7) is 3.93. The van der Waals surface area contributed by atoms with Crippen LogP contribution in [-0.2, 0) is 9.53 Å². The molecule has 0 unspecified atom stereocenters. The summed E-state index contributed by atoms with van der Waals surface area (Å²) in [6, 6.07) is 0. The molecule has 1 aliphatic rings. The van der Waals surface area contributed by atoms with Crippen molar-refractivity contribution in [2.45, 2.75) is 45.6 Å². The first kappa shape index (κ1) is 9.30. The molecule has 0 bridgehead atoms. The Bertz CT molecular complexity index is 192. The monoisotopic (exact) mass is 168 g/mol. The second-order valence-corrected chi connectivity index (χ2v) is 3.46. The summed E-state index contributed by atoms with van der Waals surface area (Å²) in [4.78, 5) is 11.3. The molecule has 1 rings (SSSR count). The zero-order valence-corrected chi connectivity index (χ0v) is 7.80. The van der Waals surface area contributed by atoms with Crippen LogP contribution in [0.25, 0.3) is 0 Å². The maximum atomic E-state index is 11.3. The molecule has 2 heteroatoms. The van der Waals surface area contributed by atoms with E-state index in [2.05, 4.69) is 0 Å². The molecule has 0 saturated heterocycles. The van der Waals surface area contributed by atoms with E-state index in [1.807, 2.05) is 13.8 Å². The fraction of sp³-hybridized carbons (Fsp3) is 0.700. The number of hydrogen-bond donors (Lipinski definition) is 0. The van der Waals surface area contributed by atoms with Gasteiger partial charge in [-0.05, 0) is 33.1 Å². The first-order valence-electron chi connectivity index (χ1n) is 4.58. The van der Waals surface area contributed by atoms with Crippen LogP contribution in [0.3, 0.4) is 0 Å². The van der Waals surface area contributed by atoms with E-state index >= 15 is 0 Å². The van der Waals surface area contributed by atoms with Crippen LogP contribution in [0.15, 0.2) is 11.8 Å². The molecule has 0 radical (unpaired) electrons. The zero-order chi connectivity index (χ0) is 8.97. The minimum absolute atomic E-state index is 0.173. The number of hydrogen-bond acceptors (Lipinski definition) is 2. The quantitative estimate of drug-likeness (QED) is 0.467. The largest absolute Gasteiger partial charge is 0.498 e. The van der Waals surface area contributed by atoms with Crippen molar-refractivity contribution in [3.05, 3.63) is 11.8 Å². The van der Waals surface area contributed by atoms with Crippen LogP contribution in [0.1, 0.15) is 39.5 Å². The Morgan fingerprint density at radius 3 is 2.58 bits per heavy atom. The van der Waals surface area contributed by atoms with Gasteiger partial charge in [0.2, 0.25) is 0 Å². The van der Waals surface area contributed by atoms with Gasteiger partial charge in [-0.3, -0.25) is 4.79 Å². The molecule has 0 N–H and O–H groups in total. The first-order chi connectivity index (χ1) is 5.70. The Labute approximate surface area is 73.6 Å². The lowest BCUT2D eigenvalue weighted by atomic mass is 9.95. The van der Waals surface area contributed by atoms with Crippen molar-refractivity contribution < 1.29 is 9.53 Å². The van der Waals surface area contributed by atoms with E-state index in [-0.39, 0.29) is 11.9 Å². The van der Waals surface area contributed by atoms with Crippen molar-refractivity contribution in [1.29, 1.82) is 0 Å². The summed E-state index contributed by atoms with van der Waals surface area (Å²) >= 11 is 0. The zero-order valence-electron chi connectivity index (χ0n) is 7.80. The summed E-state index contributed by atoms with van der Waals surface area (Å²) in [7, 11) is 0. The Morgan fingerprint density at radius 2 is 2.00 bits per heavy atom. The third-order valence-electron chi connectivity index (χ3n) is 1.94. The number of carbonyl (C=O) groups excluding carboxylic acids is 1. The highest BCUT2D eigenvalue weighted by Gasteiger charge is 2.14. The lowest BCUT2D eigenvalue weighted by Crippen LogP contribution is -2.09. The van der Waals surface area contributed by atoms with Crippen LogP contribution >= 0.6 is 0 Å². The SMILES string of the molecule is CC(C)O/C=C1/CCCCC1=O. The fourth-order valence-corrected chi connectivity index (χ4v) is 1.24. The average Bonchev–Trinajstić information content (AvgIpc) is 2.03. The molecule has 0 amide bonds. The van der Waals surface area contributed by atoms with E-state index in [4.69, 9.17) is 4.74 Å². The summed E-state index contributed by atoms with van der Waals surface area (Å²) < 4.78 is 5.27. The van der Waals surface area contributed by atoms with Gasteiger partial charge < -0.3 is 4.74 Å². The molecule has 0 spiro atoms. The van der Waals surface area contributed by atoms with Crippen molar-refractivity contribution in [1.82, 2.24) is 0 Å². The first-order valence-corrected chi connectivity index (χ1v) is 4.58.